The van der Waals surface area contributed by atoms with Crippen molar-refractivity contribution in [2.75, 3.05) is 31.2 Å². The fourth-order valence-corrected chi connectivity index (χ4v) is 7.11. The first kappa shape index (κ1) is 18.3. The number of rotatable bonds is 5. The Kier molecular flexibility index (Phi) is 4.80. The number of aliphatic imine (C=N–C) groups is 1. The normalized spacial score (nSPS) is 36.9. The third kappa shape index (κ3) is 3.28. The van der Waals surface area contributed by atoms with Gasteiger partial charge in [-0.05, 0) is 38.5 Å². The zero-order chi connectivity index (χ0) is 18.4. The fraction of sp³-hybridized carbons (Fsp3) is 0.842. The van der Waals surface area contributed by atoms with E-state index in [2.05, 4.69) is 22.2 Å². The van der Waals surface area contributed by atoms with Crippen molar-refractivity contribution in [2.24, 2.45) is 22.2 Å². The molecular formula is C19H31N3O3S. The lowest BCUT2D eigenvalue weighted by molar-refractivity contribution is -0.171. The van der Waals surface area contributed by atoms with E-state index in [0.29, 0.717) is 48.1 Å². The second-order valence-electron chi connectivity index (χ2n) is 8.72. The lowest BCUT2D eigenvalue weighted by Crippen LogP contribution is -2.72. The van der Waals surface area contributed by atoms with Crippen LogP contribution in [0.25, 0.3) is 0 Å². The molecule has 2 saturated heterocycles. The van der Waals surface area contributed by atoms with Crippen LogP contribution < -0.4 is 10.6 Å². The van der Waals surface area contributed by atoms with Crippen molar-refractivity contribution < 1.29 is 13.2 Å². The number of guanidine groups is 1. The highest BCUT2D eigenvalue weighted by Gasteiger charge is 2.66. The molecule has 2 heterocycles. The topological polar surface area (TPSA) is 79.8 Å². The number of nitrogens with one attached hydrogen (secondary N) is 2. The van der Waals surface area contributed by atoms with Crippen LogP contribution in [0.4, 0.5) is 0 Å². The first-order valence-corrected chi connectivity index (χ1v) is 11.7. The summed E-state index contributed by atoms with van der Waals surface area (Å²) < 4.78 is 29.4. The average molecular weight is 382 g/mol. The molecule has 26 heavy (non-hydrogen) atoms. The molecule has 2 aliphatic heterocycles. The Hall–Kier alpha value is -1.08. The molecule has 146 valence electrons. The van der Waals surface area contributed by atoms with Crippen LogP contribution in [0.15, 0.2) is 17.1 Å². The van der Waals surface area contributed by atoms with Gasteiger partial charge in [0.2, 0.25) is 0 Å². The van der Waals surface area contributed by atoms with Crippen molar-refractivity contribution in [3.63, 3.8) is 0 Å². The van der Waals surface area contributed by atoms with E-state index >= 15 is 0 Å². The molecular weight excluding hydrogens is 350 g/mol. The van der Waals surface area contributed by atoms with Crippen molar-refractivity contribution >= 4 is 15.8 Å². The number of fused-ring (bicyclic) bond motifs is 2. The summed E-state index contributed by atoms with van der Waals surface area (Å²) in [5, 5.41) is 7.10. The largest absolute Gasteiger partial charge is 0.377 e. The van der Waals surface area contributed by atoms with Gasteiger partial charge in [0, 0.05) is 30.5 Å². The van der Waals surface area contributed by atoms with Gasteiger partial charge in [-0.1, -0.05) is 18.6 Å². The summed E-state index contributed by atoms with van der Waals surface area (Å²) in [7, 11) is -2.84. The van der Waals surface area contributed by atoms with E-state index in [0.717, 1.165) is 31.0 Å². The molecule has 4 rings (SSSR count). The Morgan fingerprint density at radius 1 is 1.35 bits per heavy atom. The zero-order valence-electron chi connectivity index (χ0n) is 15.7. The maximum absolute atomic E-state index is 11.7. The number of hydrogen-bond acceptors (Lipinski definition) is 4. The SMILES string of the molecule is C=C(C)CN=C(NCC1CCS(=O)(=O)C1)NC1C2CCOC2C12CCC2. The van der Waals surface area contributed by atoms with Crippen LogP contribution in [0, 0.1) is 17.3 Å². The second-order valence-corrected chi connectivity index (χ2v) is 11.0. The van der Waals surface area contributed by atoms with Crippen LogP contribution in [0.2, 0.25) is 0 Å². The van der Waals surface area contributed by atoms with E-state index in [-0.39, 0.29) is 5.92 Å². The predicted molar refractivity (Wildman–Crippen MR) is 103 cm³/mol. The lowest BCUT2D eigenvalue weighted by atomic mass is 9.46. The van der Waals surface area contributed by atoms with E-state index < -0.39 is 9.84 Å². The van der Waals surface area contributed by atoms with E-state index in [1.54, 1.807) is 0 Å². The third-order valence-electron chi connectivity index (χ3n) is 6.72. The van der Waals surface area contributed by atoms with E-state index in [4.69, 9.17) is 4.74 Å². The lowest BCUT2D eigenvalue weighted by Gasteiger charge is -2.63. The summed E-state index contributed by atoms with van der Waals surface area (Å²) in [6.45, 7) is 8.04. The fourth-order valence-electron chi connectivity index (χ4n) is 5.24. The standard InChI is InChI=1S/C19H31N3O3S/c1-13(2)10-20-18(21-11-14-5-9-26(23,24)12-14)22-16-15-4-8-25-17(15)19(16)6-3-7-19/h14-17H,1,3-12H2,2H3,(H2,20,21,22). The summed E-state index contributed by atoms with van der Waals surface area (Å²) in [5.74, 6) is 2.17. The van der Waals surface area contributed by atoms with Crippen LogP contribution in [-0.4, -0.2) is 57.7 Å². The maximum Gasteiger partial charge on any atom is 0.191 e. The molecule has 2 N–H and O–H groups in total. The summed E-state index contributed by atoms with van der Waals surface area (Å²) in [4.78, 5) is 4.69. The molecule has 2 aliphatic carbocycles. The van der Waals surface area contributed by atoms with E-state index in [9.17, 15) is 8.42 Å². The highest BCUT2D eigenvalue weighted by atomic mass is 32.2. The average Bonchev–Trinajstić information content (AvgIpc) is 3.09. The summed E-state index contributed by atoms with van der Waals surface area (Å²) in [5.41, 5.74) is 1.31. The van der Waals surface area contributed by atoms with Gasteiger partial charge in [-0.25, -0.2) is 13.4 Å². The van der Waals surface area contributed by atoms with Gasteiger partial charge in [0.25, 0.3) is 0 Å². The van der Waals surface area contributed by atoms with Crippen LogP contribution in [0.5, 0.6) is 0 Å². The Labute approximate surface area is 156 Å². The van der Waals surface area contributed by atoms with Gasteiger partial charge in [0.1, 0.15) is 0 Å². The van der Waals surface area contributed by atoms with Crippen LogP contribution in [0.1, 0.15) is 39.0 Å². The summed E-state index contributed by atoms with van der Waals surface area (Å²) in [6, 6.07) is 0.424. The van der Waals surface area contributed by atoms with Crippen LogP contribution in [-0.2, 0) is 14.6 Å². The molecule has 4 aliphatic rings. The van der Waals surface area contributed by atoms with Crippen molar-refractivity contribution in [3.05, 3.63) is 12.2 Å². The second kappa shape index (κ2) is 6.82. The van der Waals surface area contributed by atoms with E-state index in [1.165, 1.54) is 19.3 Å². The van der Waals surface area contributed by atoms with Crippen LogP contribution in [0.3, 0.4) is 0 Å². The third-order valence-corrected chi connectivity index (χ3v) is 8.56. The molecule has 2 saturated carbocycles. The van der Waals surface area contributed by atoms with Gasteiger partial charge in [0.15, 0.2) is 15.8 Å². The maximum atomic E-state index is 11.7. The van der Waals surface area contributed by atoms with Gasteiger partial charge in [0.05, 0.1) is 24.2 Å². The highest BCUT2D eigenvalue weighted by molar-refractivity contribution is 7.91. The first-order valence-electron chi connectivity index (χ1n) is 9.91. The minimum atomic E-state index is -2.84. The quantitative estimate of drug-likeness (QED) is 0.428. The molecule has 0 aromatic heterocycles. The summed E-state index contributed by atoms with van der Waals surface area (Å²) >= 11 is 0. The first-order chi connectivity index (χ1) is 12.4. The predicted octanol–water partition coefficient (Wildman–Crippen LogP) is 1.49. The molecule has 7 heteroatoms. The van der Waals surface area contributed by atoms with Gasteiger partial charge in [-0.3, -0.25) is 0 Å². The minimum absolute atomic E-state index is 0.179. The molecule has 0 amide bonds. The Bertz CT molecular complexity index is 699. The number of ether oxygens (including phenoxy) is 1. The monoisotopic (exact) mass is 381 g/mol. The minimum Gasteiger partial charge on any atom is -0.377 e. The molecule has 6 nitrogen and oxygen atoms in total. The number of sulfone groups is 1. The number of hydrogen-bond donors (Lipinski definition) is 2. The Morgan fingerprint density at radius 2 is 2.15 bits per heavy atom. The van der Waals surface area contributed by atoms with Crippen molar-refractivity contribution in [1.82, 2.24) is 10.6 Å². The van der Waals surface area contributed by atoms with Gasteiger partial charge >= 0.3 is 0 Å². The smallest absolute Gasteiger partial charge is 0.191 e. The molecule has 1 spiro atoms. The van der Waals surface area contributed by atoms with Gasteiger partial charge in [-0.15, -0.1) is 0 Å². The van der Waals surface area contributed by atoms with E-state index in [1.807, 2.05) is 6.92 Å². The summed E-state index contributed by atoms with van der Waals surface area (Å²) in [6.07, 6.45) is 6.06. The Balaban J connectivity index is 1.40. The van der Waals surface area contributed by atoms with Crippen molar-refractivity contribution in [2.45, 2.75) is 51.2 Å². The van der Waals surface area contributed by atoms with Gasteiger partial charge in [-0.2, -0.15) is 0 Å². The van der Waals surface area contributed by atoms with Crippen LogP contribution >= 0.6 is 0 Å². The molecule has 4 fully saturated rings. The molecule has 4 atom stereocenters. The molecule has 0 radical (unpaired) electrons. The Morgan fingerprint density at radius 3 is 2.77 bits per heavy atom. The molecule has 0 aromatic carbocycles. The number of nitrogens with zero attached hydrogens (tertiary/aromatic N) is 1. The zero-order valence-corrected chi connectivity index (χ0v) is 16.5. The molecule has 0 bridgehead atoms. The molecule has 0 aromatic rings. The molecule has 4 unspecified atom stereocenters. The highest BCUT2D eigenvalue weighted by Crippen LogP contribution is 2.62. The van der Waals surface area contributed by atoms with Gasteiger partial charge < -0.3 is 15.4 Å². The van der Waals surface area contributed by atoms with Crippen molar-refractivity contribution in [3.8, 4) is 0 Å². The van der Waals surface area contributed by atoms with Crippen molar-refractivity contribution in [1.29, 1.82) is 0 Å².